The van der Waals surface area contributed by atoms with E-state index < -0.39 is 0 Å². The van der Waals surface area contributed by atoms with Crippen LogP contribution in [0.25, 0.3) is 0 Å². The Bertz CT molecular complexity index is 224. The number of rotatable bonds is 4. The van der Waals surface area contributed by atoms with Gasteiger partial charge in [-0.1, -0.05) is 19.8 Å². The number of nitrogens with zero attached hydrogens (tertiary/aromatic N) is 1. The van der Waals surface area contributed by atoms with E-state index in [2.05, 4.69) is 38.0 Å². The SMILES string of the molecule is CCC(CC1CC1)N=C(N)NC(C)(C)C. The molecule has 1 fully saturated rings. The van der Waals surface area contributed by atoms with E-state index in [9.17, 15) is 0 Å². The molecule has 1 atom stereocenters. The van der Waals surface area contributed by atoms with Gasteiger partial charge in [-0.3, -0.25) is 4.99 Å². The average Bonchev–Trinajstić information content (AvgIpc) is 2.83. The van der Waals surface area contributed by atoms with Crippen LogP contribution in [0.4, 0.5) is 0 Å². The number of hydrogen-bond acceptors (Lipinski definition) is 1. The minimum Gasteiger partial charge on any atom is -0.370 e. The predicted molar refractivity (Wildman–Crippen MR) is 65.9 cm³/mol. The van der Waals surface area contributed by atoms with Gasteiger partial charge >= 0.3 is 0 Å². The molecule has 1 unspecified atom stereocenters. The van der Waals surface area contributed by atoms with Crippen LogP contribution in [0.1, 0.15) is 53.4 Å². The first-order chi connectivity index (χ1) is 6.90. The van der Waals surface area contributed by atoms with E-state index in [4.69, 9.17) is 5.73 Å². The number of nitrogens with one attached hydrogen (secondary N) is 1. The maximum absolute atomic E-state index is 5.87. The summed E-state index contributed by atoms with van der Waals surface area (Å²) in [5, 5.41) is 3.21. The van der Waals surface area contributed by atoms with Crippen molar-refractivity contribution in [3.63, 3.8) is 0 Å². The van der Waals surface area contributed by atoms with Gasteiger partial charge in [-0.2, -0.15) is 0 Å². The van der Waals surface area contributed by atoms with Crippen LogP contribution in [0.15, 0.2) is 4.99 Å². The van der Waals surface area contributed by atoms with Gasteiger partial charge in [0.15, 0.2) is 5.96 Å². The molecule has 1 aliphatic rings. The fourth-order valence-electron chi connectivity index (χ4n) is 1.66. The lowest BCUT2D eigenvalue weighted by atomic mass is 10.1. The van der Waals surface area contributed by atoms with Crippen molar-refractivity contribution in [2.45, 2.75) is 65.0 Å². The molecule has 1 saturated carbocycles. The van der Waals surface area contributed by atoms with Crippen molar-refractivity contribution in [2.75, 3.05) is 0 Å². The molecule has 0 aromatic rings. The highest BCUT2D eigenvalue weighted by atomic mass is 15.1. The highest BCUT2D eigenvalue weighted by Gasteiger charge is 2.24. The number of aliphatic imine (C=N–C) groups is 1. The maximum atomic E-state index is 5.87. The first kappa shape index (κ1) is 12.3. The van der Waals surface area contributed by atoms with E-state index in [-0.39, 0.29) is 5.54 Å². The lowest BCUT2D eigenvalue weighted by Gasteiger charge is -2.22. The highest BCUT2D eigenvalue weighted by molar-refractivity contribution is 5.78. The minimum absolute atomic E-state index is 0.00541. The van der Waals surface area contributed by atoms with Crippen LogP contribution in [0.2, 0.25) is 0 Å². The Hall–Kier alpha value is -0.730. The van der Waals surface area contributed by atoms with Crippen LogP contribution in [0, 0.1) is 5.92 Å². The highest BCUT2D eigenvalue weighted by Crippen LogP contribution is 2.34. The van der Waals surface area contributed by atoms with E-state index in [1.54, 1.807) is 0 Å². The molecule has 0 saturated heterocycles. The fourth-order valence-corrected chi connectivity index (χ4v) is 1.66. The van der Waals surface area contributed by atoms with Gasteiger partial charge in [0.1, 0.15) is 0 Å². The Kier molecular flexibility index (Phi) is 4.00. The second-order valence-electron chi connectivity index (χ2n) is 5.63. The molecule has 0 heterocycles. The molecular formula is C12H25N3. The van der Waals surface area contributed by atoms with Gasteiger partial charge in [-0.15, -0.1) is 0 Å². The van der Waals surface area contributed by atoms with Gasteiger partial charge in [0.05, 0.1) is 6.04 Å². The van der Waals surface area contributed by atoms with Crippen LogP contribution < -0.4 is 11.1 Å². The summed E-state index contributed by atoms with van der Waals surface area (Å²) >= 11 is 0. The lowest BCUT2D eigenvalue weighted by molar-refractivity contribution is 0.499. The fraction of sp³-hybridized carbons (Fsp3) is 0.917. The maximum Gasteiger partial charge on any atom is 0.189 e. The Morgan fingerprint density at radius 1 is 1.47 bits per heavy atom. The van der Waals surface area contributed by atoms with Gasteiger partial charge in [0, 0.05) is 5.54 Å². The predicted octanol–water partition coefficient (Wildman–Crippen LogP) is 2.27. The monoisotopic (exact) mass is 211 g/mol. The van der Waals surface area contributed by atoms with Gasteiger partial charge in [-0.25, -0.2) is 0 Å². The summed E-state index contributed by atoms with van der Waals surface area (Å²) in [6, 6.07) is 0.410. The van der Waals surface area contributed by atoms with Crippen molar-refractivity contribution in [3.05, 3.63) is 0 Å². The standard InChI is InChI=1S/C12H25N3/c1-5-10(8-9-6-7-9)14-11(13)15-12(2,3)4/h9-10H,5-8H2,1-4H3,(H3,13,14,15). The second-order valence-corrected chi connectivity index (χ2v) is 5.63. The summed E-state index contributed by atoms with van der Waals surface area (Å²) in [5.74, 6) is 1.51. The van der Waals surface area contributed by atoms with Gasteiger partial charge in [0.25, 0.3) is 0 Å². The third-order valence-corrected chi connectivity index (χ3v) is 2.60. The van der Waals surface area contributed by atoms with Gasteiger partial charge < -0.3 is 11.1 Å². The second kappa shape index (κ2) is 4.86. The van der Waals surface area contributed by atoms with Gasteiger partial charge in [0.2, 0.25) is 0 Å². The van der Waals surface area contributed by atoms with Gasteiger partial charge in [-0.05, 0) is 39.5 Å². The van der Waals surface area contributed by atoms with E-state index >= 15 is 0 Å². The molecule has 1 rings (SSSR count). The third kappa shape index (κ3) is 5.65. The number of nitrogens with two attached hydrogens (primary N) is 1. The molecule has 0 bridgehead atoms. The van der Waals surface area contributed by atoms with Crippen molar-refractivity contribution in [1.29, 1.82) is 0 Å². The smallest absolute Gasteiger partial charge is 0.189 e. The third-order valence-electron chi connectivity index (χ3n) is 2.60. The first-order valence-electron chi connectivity index (χ1n) is 6.02. The van der Waals surface area contributed by atoms with Crippen LogP contribution in [-0.4, -0.2) is 17.5 Å². The summed E-state index contributed by atoms with van der Waals surface area (Å²) < 4.78 is 0. The largest absolute Gasteiger partial charge is 0.370 e. The Morgan fingerprint density at radius 3 is 2.47 bits per heavy atom. The summed E-state index contributed by atoms with van der Waals surface area (Å²) in [4.78, 5) is 4.54. The van der Waals surface area contributed by atoms with Crippen LogP contribution >= 0.6 is 0 Å². The molecule has 0 spiro atoms. The van der Waals surface area contributed by atoms with E-state index in [0.717, 1.165) is 12.3 Å². The average molecular weight is 211 g/mol. The summed E-state index contributed by atoms with van der Waals surface area (Å²) in [6.07, 6.45) is 5.07. The van der Waals surface area contributed by atoms with Crippen LogP contribution in [0.3, 0.4) is 0 Å². The van der Waals surface area contributed by atoms with Crippen molar-refractivity contribution in [2.24, 2.45) is 16.6 Å². The van der Waals surface area contributed by atoms with E-state index in [1.807, 2.05) is 0 Å². The molecule has 0 amide bonds. The summed E-state index contributed by atoms with van der Waals surface area (Å²) in [7, 11) is 0. The van der Waals surface area contributed by atoms with E-state index in [1.165, 1.54) is 19.3 Å². The Morgan fingerprint density at radius 2 is 2.07 bits per heavy atom. The zero-order valence-corrected chi connectivity index (χ0v) is 10.5. The molecule has 3 heteroatoms. The molecule has 3 nitrogen and oxygen atoms in total. The molecule has 0 aromatic carbocycles. The van der Waals surface area contributed by atoms with E-state index in [0.29, 0.717) is 12.0 Å². The van der Waals surface area contributed by atoms with Crippen molar-refractivity contribution in [1.82, 2.24) is 5.32 Å². The molecule has 0 radical (unpaired) electrons. The first-order valence-corrected chi connectivity index (χ1v) is 6.02. The van der Waals surface area contributed by atoms with Crippen molar-refractivity contribution >= 4 is 5.96 Å². The van der Waals surface area contributed by atoms with Crippen molar-refractivity contribution in [3.8, 4) is 0 Å². The van der Waals surface area contributed by atoms with Crippen LogP contribution in [-0.2, 0) is 0 Å². The number of hydrogen-bond donors (Lipinski definition) is 2. The molecule has 15 heavy (non-hydrogen) atoms. The Balaban J connectivity index is 2.42. The molecule has 0 aliphatic heterocycles. The molecular weight excluding hydrogens is 186 g/mol. The molecule has 88 valence electrons. The summed E-state index contributed by atoms with van der Waals surface area (Å²) in [6.45, 7) is 8.46. The number of guanidine groups is 1. The zero-order valence-electron chi connectivity index (χ0n) is 10.5. The quantitative estimate of drug-likeness (QED) is 0.553. The molecule has 0 aromatic heterocycles. The molecule has 1 aliphatic carbocycles. The van der Waals surface area contributed by atoms with Crippen LogP contribution in [0.5, 0.6) is 0 Å². The normalized spacial score (nSPS) is 20.1. The van der Waals surface area contributed by atoms with Crippen molar-refractivity contribution < 1.29 is 0 Å². The zero-order chi connectivity index (χ0) is 11.5. The Labute approximate surface area is 93.5 Å². The summed E-state index contributed by atoms with van der Waals surface area (Å²) in [5.41, 5.74) is 5.88. The lowest BCUT2D eigenvalue weighted by Crippen LogP contribution is -2.45. The molecule has 3 N–H and O–H groups in total. The minimum atomic E-state index is 0.00541. The topological polar surface area (TPSA) is 50.4 Å².